The SMILES string of the molecule is O=c1n[c][nH]s1. The first-order chi connectivity index (χ1) is 2.89. The summed E-state index contributed by atoms with van der Waals surface area (Å²) in [6.45, 7) is 0. The lowest BCUT2D eigenvalue weighted by Crippen LogP contribution is -1.88. The lowest BCUT2D eigenvalue weighted by molar-refractivity contribution is 1.26. The molecule has 0 spiro atoms. The predicted molar refractivity (Wildman–Crippen MR) is 21.6 cm³/mol. The summed E-state index contributed by atoms with van der Waals surface area (Å²) in [5.41, 5.74) is 0. The fraction of sp³-hybridized carbons (Fsp3) is 0. The van der Waals surface area contributed by atoms with Gasteiger partial charge in [-0.2, -0.15) is 4.98 Å². The first-order valence-electron chi connectivity index (χ1n) is 1.31. The zero-order valence-electron chi connectivity index (χ0n) is 2.76. The van der Waals surface area contributed by atoms with Gasteiger partial charge in [0.05, 0.1) is 0 Å². The van der Waals surface area contributed by atoms with Crippen LogP contribution in [0.1, 0.15) is 0 Å². The predicted octanol–water partition coefficient (Wildman–Crippen LogP) is -0.368. The Bertz CT molecular complexity index is 149. The van der Waals surface area contributed by atoms with Crippen molar-refractivity contribution in [3.8, 4) is 0 Å². The molecule has 1 aromatic heterocycles. The molecule has 0 aliphatic carbocycles. The molecule has 31 valence electrons. The smallest absolute Gasteiger partial charge is 0.288 e. The number of hydrogen-bond acceptors (Lipinski definition) is 3. The fourth-order valence-corrected chi connectivity index (χ4v) is 0.428. The molecule has 1 aromatic rings. The quantitative estimate of drug-likeness (QED) is 0.484. The van der Waals surface area contributed by atoms with Crippen LogP contribution in [0.25, 0.3) is 0 Å². The van der Waals surface area contributed by atoms with Crippen molar-refractivity contribution in [3.63, 3.8) is 0 Å². The van der Waals surface area contributed by atoms with Crippen molar-refractivity contribution in [2.75, 3.05) is 0 Å². The second kappa shape index (κ2) is 1.22. The van der Waals surface area contributed by atoms with Crippen molar-refractivity contribution in [1.29, 1.82) is 0 Å². The Labute approximate surface area is 37.8 Å². The highest BCUT2D eigenvalue weighted by atomic mass is 32.1. The second-order valence-corrected chi connectivity index (χ2v) is 1.45. The standard InChI is InChI=1S/C2HN2OS/c5-2-3-1-4-6-2/h(H,3,4,5). The van der Waals surface area contributed by atoms with Crippen LogP contribution >= 0.6 is 11.5 Å². The number of rotatable bonds is 0. The number of aromatic amines is 1. The first kappa shape index (κ1) is 3.55. The molecule has 0 aromatic carbocycles. The van der Waals surface area contributed by atoms with E-state index in [1.165, 1.54) is 0 Å². The fourth-order valence-electron chi connectivity index (χ4n) is 0.158. The van der Waals surface area contributed by atoms with Gasteiger partial charge in [-0.3, -0.25) is 9.17 Å². The average Bonchev–Trinajstić information content (AvgIpc) is 1.86. The van der Waals surface area contributed by atoms with Gasteiger partial charge in [-0.1, -0.05) is 0 Å². The van der Waals surface area contributed by atoms with Crippen LogP contribution in [-0.2, 0) is 0 Å². The molecule has 3 nitrogen and oxygen atoms in total. The first-order valence-corrected chi connectivity index (χ1v) is 2.13. The minimum atomic E-state index is -0.227. The summed E-state index contributed by atoms with van der Waals surface area (Å²) in [6.07, 6.45) is 2.26. The van der Waals surface area contributed by atoms with Crippen LogP contribution in [0, 0.1) is 6.33 Å². The molecule has 0 saturated heterocycles. The van der Waals surface area contributed by atoms with Crippen molar-refractivity contribution in [3.05, 3.63) is 16.0 Å². The molecule has 0 amide bonds. The number of nitrogens with one attached hydrogen (secondary N) is 1. The summed E-state index contributed by atoms with van der Waals surface area (Å²) in [4.78, 5) is 12.9. The van der Waals surface area contributed by atoms with Gasteiger partial charge < -0.3 is 0 Å². The van der Waals surface area contributed by atoms with Crippen molar-refractivity contribution < 1.29 is 0 Å². The van der Waals surface area contributed by atoms with E-state index in [4.69, 9.17) is 0 Å². The van der Waals surface area contributed by atoms with Crippen LogP contribution in [0.15, 0.2) is 4.79 Å². The Morgan fingerprint density at radius 2 is 2.83 bits per heavy atom. The van der Waals surface area contributed by atoms with Crippen molar-refractivity contribution in [1.82, 2.24) is 9.36 Å². The van der Waals surface area contributed by atoms with E-state index < -0.39 is 0 Å². The second-order valence-electron chi connectivity index (χ2n) is 0.694. The molecule has 1 N–H and O–H groups in total. The Kier molecular flexibility index (Phi) is 0.719. The van der Waals surface area contributed by atoms with E-state index in [1.54, 1.807) is 0 Å². The number of nitrogens with zero attached hydrogens (tertiary/aromatic N) is 1. The zero-order chi connectivity index (χ0) is 4.41. The highest BCUT2D eigenvalue weighted by Crippen LogP contribution is 1.64. The summed E-state index contributed by atoms with van der Waals surface area (Å²) >= 11 is 0.931. The normalized spacial score (nSPS) is 8.67. The van der Waals surface area contributed by atoms with Gasteiger partial charge >= 0.3 is 4.87 Å². The number of hydrogen-bond donors (Lipinski definition) is 1. The topological polar surface area (TPSA) is 45.8 Å². The van der Waals surface area contributed by atoms with Gasteiger partial charge in [-0.15, -0.1) is 0 Å². The molecule has 0 saturated carbocycles. The molecule has 1 rings (SSSR count). The van der Waals surface area contributed by atoms with Crippen LogP contribution in [0.3, 0.4) is 0 Å². The summed E-state index contributed by atoms with van der Waals surface area (Å²) in [6, 6.07) is 0. The molecule has 6 heavy (non-hydrogen) atoms. The molecular formula is C2HN2OS. The van der Waals surface area contributed by atoms with E-state index >= 15 is 0 Å². The minimum Gasteiger partial charge on any atom is -0.288 e. The molecule has 1 radical (unpaired) electrons. The van der Waals surface area contributed by atoms with E-state index in [0.717, 1.165) is 11.5 Å². The molecule has 0 fully saturated rings. The maximum Gasteiger partial charge on any atom is 0.344 e. The molecular weight excluding hydrogens is 100 g/mol. The molecule has 4 heteroatoms. The molecule has 0 atom stereocenters. The summed E-state index contributed by atoms with van der Waals surface area (Å²) in [7, 11) is 0. The van der Waals surface area contributed by atoms with Crippen LogP contribution < -0.4 is 4.87 Å². The van der Waals surface area contributed by atoms with Crippen molar-refractivity contribution >= 4 is 11.5 Å². The van der Waals surface area contributed by atoms with E-state index in [-0.39, 0.29) is 4.87 Å². The Balaban J connectivity index is 3.41. The van der Waals surface area contributed by atoms with Crippen LogP contribution in [0.4, 0.5) is 0 Å². The maximum absolute atomic E-state index is 9.91. The van der Waals surface area contributed by atoms with Crippen molar-refractivity contribution in [2.45, 2.75) is 0 Å². The molecule has 0 aliphatic heterocycles. The zero-order valence-corrected chi connectivity index (χ0v) is 3.58. The minimum absolute atomic E-state index is 0.227. The molecule has 0 aliphatic rings. The van der Waals surface area contributed by atoms with Crippen LogP contribution in [-0.4, -0.2) is 9.36 Å². The molecule has 0 unspecified atom stereocenters. The van der Waals surface area contributed by atoms with Gasteiger partial charge in [-0.25, -0.2) is 0 Å². The average molecular weight is 101 g/mol. The van der Waals surface area contributed by atoms with Gasteiger partial charge in [0.1, 0.15) is 0 Å². The third kappa shape index (κ3) is 0.463. The van der Waals surface area contributed by atoms with Crippen LogP contribution in [0.5, 0.6) is 0 Å². The Morgan fingerprint density at radius 3 is 3.00 bits per heavy atom. The van der Waals surface area contributed by atoms with E-state index in [2.05, 4.69) is 15.7 Å². The summed E-state index contributed by atoms with van der Waals surface area (Å²) < 4.78 is 2.42. The Hall–Kier alpha value is -0.640. The molecule has 1 heterocycles. The van der Waals surface area contributed by atoms with E-state index in [9.17, 15) is 4.79 Å². The third-order valence-corrected chi connectivity index (χ3v) is 0.790. The van der Waals surface area contributed by atoms with E-state index in [1.807, 2.05) is 0 Å². The van der Waals surface area contributed by atoms with Gasteiger partial charge in [-0.05, 0) is 0 Å². The highest BCUT2D eigenvalue weighted by Gasteiger charge is 1.76. The van der Waals surface area contributed by atoms with Crippen LogP contribution in [0.2, 0.25) is 0 Å². The van der Waals surface area contributed by atoms with Gasteiger partial charge in [0.15, 0.2) is 6.33 Å². The summed E-state index contributed by atoms with van der Waals surface area (Å²) in [5.74, 6) is 0. The lowest BCUT2D eigenvalue weighted by atomic mass is 11.3. The maximum atomic E-state index is 9.91. The summed E-state index contributed by atoms with van der Waals surface area (Å²) in [5, 5.41) is 0. The monoisotopic (exact) mass is 101 g/mol. The lowest BCUT2D eigenvalue weighted by Gasteiger charge is -1.42. The number of aromatic nitrogens is 2. The largest absolute Gasteiger partial charge is 0.344 e. The molecule has 0 bridgehead atoms. The highest BCUT2D eigenvalue weighted by molar-refractivity contribution is 7.02. The van der Waals surface area contributed by atoms with Gasteiger partial charge in [0.2, 0.25) is 0 Å². The third-order valence-electron chi connectivity index (χ3n) is 0.331. The van der Waals surface area contributed by atoms with Gasteiger partial charge in [0, 0.05) is 11.5 Å². The van der Waals surface area contributed by atoms with Gasteiger partial charge in [0.25, 0.3) is 0 Å². The van der Waals surface area contributed by atoms with Crippen molar-refractivity contribution in [2.24, 2.45) is 0 Å². The number of H-pyrrole nitrogens is 1. The Morgan fingerprint density at radius 1 is 2.00 bits per heavy atom. The van der Waals surface area contributed by atoms with E-state index in [0.29, 0.717) is 0 Å².